The summed E-state index contributed by atoms with van der Waals surface area (Å²) in [5, 5.41) is 16.6. The highest BCUT2D eigenvalue weighted by atomic mass is 16.5. The maximum absolute atomic E-state index is 10.2. The number of para-hydroxylation sites is 1. The molecule has 2 aromatic carbocycles. The molecule has 0 heterocycles. The first-order chi connectivity index (χ1) is 14.7. The van der Waals surface area contributed by atoms with Crippen molar-refractivity contribution in [3.63, 3.8) is 0 Å². The largest absolute Gasteiger partial charge is 0.493 e. The fourth-order valence-corrected chi connectivity index (χ4v) is 2.93. The number of nitrogens with one attached hydrogen (secondary N) is 2. The number of aliphatic hydroxyl groups is 1. The molecular weight excluding hydrogens is 378 g/mol. The molecule has 1 unspecified atom stereocenters. The van der Waals surface area contributed by atoms with Crippen molar-refractivity contribution >= 4 is 5.96 Å². The van der Waals surface area contributed by atoms with E-state index < -0.39 is 6.10 Å². The number of aliphatic imine (C=N–C) groups is 1. The van der Waals surface area contributed by atoms with E-state index in [0.717, 1.165) is 30.0 Å². The first kappa shape index (κ1) is 22.1. The summed E-state index contributed by atoms with van der Waals surface area (Å²) in [4.78, 5) is 4.65. The van der Waals surface area contributed by atoms with Gasteiger partial charge in [0.2, 0.25) is 0 Å². The lowest BCUT2D eigenvalue weighted by atomic mass is 10.2. The van der Waals surface area contributed by atoms with Crippen LogP contribution in [0, 0.1) is 5.92 Å². The van der Waals surface area contributed by atoms with Crippen LogP contribution >= 0.6 is 0 Å². The molecule has 162 valence electrons. The number of nitrogens with zero attached hydrogens (tertiary/aromatic N) is 1. The maximum atomic E-state index is 10.2. The van der Waals surface area contributed by atoms with Crippen molar-refractivity contribution < 1.29 is 14.6 Å². The summed E-state index contributed by atoms with van der Waals surface area (Å²) < 4.78 is 11.6. The molecule has 0 aromatic heterocycles. The van der Waals surface area contributed by atoms with Crippen LogP contribution in [-0.4, -0.2) is 43.5 Å². The Hall–Kier alpha value is -2.57. The van der Waals surface area contributed by atoms with Crippen molar-refractivity contribution in [2.24, 2.45) is 10.9 Å². The van der Waals surface area contributed by atoms with E-state index in [4.69, 9.17) is 9.47 Å². The predicted molar refractivity (Wildman–Crippen MR) is 120 cm³/mol. The Morgan fingerprint density at radius 2 is 1.87 bits per heavy atom. The zero-order chi connectivity index (χ0) is 21.0. The van der Waals surface area contributed by atoms with Crippen LogP contribution in [-0.2, 0) is 17.9 Å². The summed E-state index contributed by atoms with van der Waals surface area (Å²) in [6.07, 6.45) is 1.92. The van der Waals surface area contributed by atoms with Crippen LogP contribution in [0.15, 0.2) is 59.6 Å². The van der Waals surface area contributed by atoms with Gasteiger partial charge in [-0.25, -0.2) is 4.99 Å². The number of hydrogen-bond donors (Lipinski definition) is 3. The molecule has 1 fully saturated rings. The van der Waals surface area contributed by atoms with Gasteiger partial charge in [0.05, 0.1) is 32.5 Å². The van der Waals surface area contributed by atoms with E-state index in [0.29, 0.717) is 31.6 Å². The van der Waals surface area contributed by atoms with Gasteiger partial charge in [0.15, 0.2) is 5.96 Å². The highest BCUT2D eigenvalue weighted by molar-refractivity contribution is 5.79. The van der Waals surface area contributed by atoms with Crippen LogP contribution in [0.25, 0.3) is 0 Å². The molecule has 0 saturated heterocycles. The average molecular weight is 412 g/mol. The summed E-state index contributed by atoms with van der Waals surface area (Å²) in [5.74, 6) is 2.28. The normalized spacial score (nSPS) is 14.9. The topological polar surface area (TPSA) is 75.1 Å². The fraction of sp³-hybridized carbons (Fsp3) is 0.458. The minimum Gasteiger partial charge on any atom is -0.493 e. The van der Waals surface area contributed by atoms with Crippen molar-refractivity contribution in [1.82, 2.24) is 10.6 Å². The summed E-state index contributed by atoms with van der Waals surface area (Å²) in [5.41, 5.74) is 2.15. The molecule has 6 heteroatoms. The molecule has 1 aliphatic rings. The van der Waals surface area contributed by atoms with Gasteiger partial charge in [-0.2, -0.15) is 0 Å². The Morgan fingerprint density at radius 1 is 1.10 bits per heavy atom. The fourth-order valence-electron chi connectivity index (χ4n) is 2.93. The van der Waals surface area contributed by atoms with Crippen molar-refractivity contribution in [1.29, 1.82) is 0 Å². The zero-order valence-corrected chi connectivity index (χ0v) is 17.7. The number of ether oxygens (including phenoxy) is 2. The van der Waals surface area contributed by atoms with Crippen LogP contribution in [0.2, 0.25) is 0 Å². The second-order valence-corrected chi connectivity index (χ2v) is 7.59. The second kappa shape index (κ2) is 12.2. The summed E-state index contributed by atoms with van der Waals surface area (Å²) in [6.45, 7) is 5.17. The van der Waals surface area contributed by atoms with E-state index in [-0.39, 0.29) is 6.61 Å². The van der Waals surface area contributed by atoms with Crippen molar-refractivity contribution in [3.05, 3.63) is 65.7 Å². The van der Waals surface area contributed by atoms with Crippen molar-refractivity contribution in [3.8, 4) is 5.75 Å². The molecule has 0 spiro atoms. The molecule has 0 radical (unpaired) electrons. The first-order valence-electron chi connectivity index (χ1n) is 10.8. The molecular formula is C24H33N3O3. The molecule has 2 aromatic rings. The Labute approximate surface area is 179 Å². The van der Waals surface area contributed by atoms with E-state index in [9.17, 15) is 5.11 Å². The van der Waals surface area contributed by atoms with Gasteiger partial charge < -0.3 is 25.2 Å². The first-order valence-corrected chi connectivity index (χ1v) is 10.8. The maximum Gasteiger partial charge on any atom is 0.191 e. The number of aliphatic hydroxyl groups excluding tert-OH is 1. The van der Waals surface area contributed by atoms with E-state index in [1.54, 1.807) is 0 Å². The lowest BCUT2D eigenvalue weighted by molar-refractivity contribution is 0.0308. The number of benzene rings is 2. The van der Waals surface area contributed by atoms with Gasteiger partial charge in [-0.05, 0) is 37.3 Å². The van der Waals surface area contributed by atoms with Gasteiger partial charge in [-0.15, -0.1) is 0 Å². The lowest BCUT2D eigenvalue weighted by Crippen LogP contribution is -2.42. The predicted octanol–water partition coefficient (Wildman–Crippen LogP) is 3.11. The molecule has 1 aliphatic carbocycles. The molecule has 6 nitrogen and oxygen atoms in total. The van der Waals surface area contributed by atoms with Gasteiger partial charge in [0.25, 0.3) is 0 Å². The molecule has 3 rings (SSSR count). The van der Waals surface area contributed by atoms with Gasteiger partial charge in [0.1, 0.15) is 5.75 Å². The van der Waals surface area contributed by atoms with E-state index in [2.05, 4.69) is 15.6 Å². The van der Waals surface area contributed by atoms with Gasteiger partial charge in [0, 0.05) is 18.7 Å². The molecule has 1 saturated carbocycles. The van der Waals surface area contributed by atoms with E-state index >= 15 is 0 Å². The van der Waals surface area contributed by atoms with Crippen LogP contribution in [0.4, 0.5) is 0 Å². The highest BCUT2D eigenvalue weighted by Gasteiger charge is 2.22. The average Bonchev–Trinajstić information content (AvgIpc) is 3.60. The van der Waals surface area contributed by atoms with E-state index in [1.807, 2.05) is 61.5 Å². The molecule has 1 atom stereocenters. The zero-order valence-electron chi connectivity index (χ0n) is 17.7. The molecule has 0 aliphatic heterocycles. The summed E-state index contributed by atoms with van der Waals surface area (Å²) in [7, 11) is 0. The van der Waals surface area contributed by atoms with Gasteiger partial charge in [-0.1, -0.05) is 48.5 Å². The van der Waals surface area contributed by atoms with Crippen molar-refractivity contribution in [2.45, 2.75) is 39.0 Å². The SMILES string of the molecule is CCNC(=NCc1ccccc1OCC1CC1)NCC(O)COCc1ccccc1. The Morgan fingerprint density at radius 3 is 2.63 bits per heavy atom. The third kappa shape index (κ3) is 8.05. The van der Waals surface area contributed by atoms with Gasteiger partial charge in [-0.3, -0.25) is 0 Å². The minimum atomic E-state index is -0.619. The summed E-state index contributed by atoms with van der Waals surface area (Å²) in [6, 6.07) is 18.0. The number of rotatable bonds is 12. The molecule has 0 bridgehead atoms. The minimum absolute atomic E-state index is 0.263. The number of hydrogen-bond acceptors (Lipinski definition) is 4. The van der Waals surface area contributed by atoms with Crippen LogP contribution in [0.3, 0.4) is 0 Å². The quantitative estimate of drug-likeness (QED) is 0.370. The Bertz CT molecular complexity index is 778. The monoisotopic (exact) mass is 411 g/mol. The summed E-state index contributed by atoms with van der Waals surface area (Å²) >= 11 is 0. The van der Waals surface area contributed by atoms with Crippen molar-refractivity contribution in [2.75, 3.05) is 26.3 Å². The molecule has 30 heavy (non-hydrogen) atoms. The van der Waals surface area contributed by atoms with E-state index in [1.165, 1.54) is 12.8 Å². The smallest absolute Gasteiger partial charge is 0.191 e. The Kier molecular flexibility index (Phi) is 9.00. The lowest BCUT2D eigenvalue weighted by Gasteiger charge is -2.16. The highest BCUT2D eigenvalue weighted by Crippen LogP contribution is 2.30. The molecule has 0 amide bonds. The standard InChI is InChI=1S/C24H33N3O3/c1-2-25-24(27-15-22(28)18-29-16-19-8-4-3-5-9-19)26-14-21-10-6-7-11-23(21)30-17-20-12-13-20/h3-11,20,22,28H,2,12-18H2,1H3,(H2,25,26,27). The second-order valence-electron chi connectivity index (χ2n) is 7.59. The third-order valence-corrected chi connectivity index (χ3v) is 4.82. The third-order valence-electron chi connectivity index (χ3n) is 4.82. The van der Waals surface area contributed by atoms with Crippen LogP contribution in [0.1, 0.15) is 30.9 Å². The Balaban J connectivity index is 1.44. The molecule has 3 N–H and O–H groups in total. The number of guanidine groups is 1. The van der Waals surface area contributed by atoms with Gasteiger partial charge >= 0.3 is 0 Å². The van der Waals surface area contributed by atoms with Crippen LogP contribution in [0.5, 0.6) is 5.75 Å². The van der Waals surface area contributed by atoms with Crippen LogP contribution < -0.4 is 15.4 Å².